The van der Waals surface area contributed by atoms with Crippen LogP contribution in [-0.2, 0) is 7.05 Å². The zero-order valence-electron chi connectivity index (χ0n) is 7.64. The molecule has 14 heavy (non-hydrogen) atoms. The second-order valence-electron chi connectivity index (χ2n) is 2.99. The number of rotatable bonds is 2. The van der Waals surface area contributed by atoms with Crippen LogP contribution >= 0.6 is 11.3 Å². The summed E-state index contributed by atoms with van der Waals surface area (Å²) in [4.78, 5) is 0.550. The molecule has 0 aliphatic heterocycles. The van der Waals surface area contributed by atoms with E-state index in [2.05, 4.69) is 5.10 Å². The molecular weight excluding hydrogens is 201 g/mol. The molecule has 3 nitrogen and oxygen atoms in total. The molecule has 5 heteroatoms. The van der Waals surface area contributed by atoms with Crippen molar-refractivity contribution in [2.24, 2.45) is 12.8 Å². The molecule has 0 amide bonds. The molecule has 1 atom stereocenters. The third-order valence-electron chi connectivity index (χ3n) is 2.10. The van der Waals surface area contributed by atoms with Crippen molar-refractivity contribution in [3.05, 3.63) is 40.1 Å². The molecule has 0 aliphatic rings. The lowest BCUT2D eigenvalue weighted by molar-refractivity contribution is 0.597. The Morgan fingerprint density at radius 1 is 1.57 bits per heavy atom. The van der Waals surface area contributed by atoms with Gasteiger partial charge in [0.15, 0.2) is 0 Å². The number of halogens is 1. The highest BCUT2D eigenvalue weighted by Gasteiger charge is 2.17. The summed E-state index contributed by atoms with van der Waals surface area (Å²) in [6.07, 6.45) is 1.65. The fraction of sp³-hybridized carbons (Fsp3) is 0.222. The van der Waals surface area contributed by atoms with E-state index in [1.807, 2.05) is 0 Å². The Balaban J connectivity index is 2.38. The first-order valence-electron chi connectivity index (χ1n) is 4.16. The molecule has 2 heterocycles. The molecule has 0 aliphatic carbocycles. The molecule has 0 radical (unpaired) electrons. The van der Waals surface area contributed by atoms with Gasteiger partial charge in [-0.25, -0.2) is 4.39 Å². The van der Waals surface area contributed by atoms with Crippen LogP contribution < -0.4 is 5.73 Å². The van der Waals surface area contributed by atoms with Crippen LogP contribution in [0.4, 0.5) is 4.39 Å². The molecule has 0 fully saturated rings. The second-order valence-corrected chi connectivity index (χ2v) is 3.94. The Morgan fingerprint density at radius 2 is 2.36 bits per heavy atom. The van der Waals surface area contributed by atoms with Gasteiger partial charge in [0.05, 0.1) is 16.6 Å². The Kier molecular flexibility index (Phi) is 2.35. The predicted octanol–water partition coefficient (Wildman–Crippen LogP) is 1.67. The van der Waals surface area contributed by atoms with Crippen molar-refractivity contribution >= 4 is 11.3 Å². The molecule has 0 aromatic carbocycles. The van der Waals surface area contributed by atoms with Crippen molar-refractivity contribution in [3.63, 3.8) is 0 Å². The highest BCUT2D eigenvalue weighted by molar-refractivity contribution is 7.10. The second kappa shape index (κ2) is 3.51. The molecule has 2 rings (SSSR count). The van der Waals surface area contributed by atoms with Gasteiger partial charge in [0.2, 0.25) is 0 Å². The van der Waals surface area contributed by atoms with E-state index in [1.165, 1.54) is 17.4 Å². The summed E-state index contributed by atoms with van der Waals surface area (Å²) in [6, 6.07) is 2.79. The number of thiophene rings is 1. The van der Waals surface area contributed by atoms with E-state index in [-0.39, 0.29) is 5.82 Å². The van der Waals surface area contributed by atoms with Crippen LogP contribution in [0, 0.1) is 5.82 Å². The summed E-state index contributed by atoms with van der Waals surface area (Å²) in [5.74, 6) is -0.247. The number of nitrogens with two attached hydrogens (primary N) is 1. The maximum Gasteiger partial charge on any atom is 0.139 e. The molecule has 0 saturated heterocycles. The lowest BCUT2D eigenvalue weighted by Crippen LogP contribution is -2.15. The van der Waals surface area contributed by atoms with Crippen LogP contribution in [0.1, 0.15) is 16.6 Å². The third kappa shape index (κ3) is 1.44. The summed E-state index contributed by atoms with van der Waals surface area (Å²) in [5, 5.41) is 5.69. The highest BCUT2D eigenvalue weighted by Crippen LogP contribution is 2.26. The van der Waals surface area contributed by atoms with E-state index in [4.69, 9.17) is 5.73 Å². The largest absolute Gasteiger partial charge is 0.318 e. The van der Waals surface area contributed by atoms with Gasteiger partial charge >= 0.3 is 0 Å². The van der Waals surface area contributed by atoms with Crippen molar-refractivity contribution in [2.45, 2.75) is 6.04 Å². The monoisotopic (exact) mass is 211 g/mol. The molecule has 2 aromatic rings. The van der Waals surface area contributed by atoms with Crippen molar-refractivity contribution in [1.29, 1.82) is 0 Å². The lowest BCUT2D eigenvalue weighted by atomic mass is 10.2. The van der Waals surface area contributed by atoms with Gasteiger partial charge in [-0.05, 0) is 17.5 Å². The number of aryl methyl sites for hydroxylation is 1. The maximum atomic E-state index is 13.2. The van der Waals surface area contributed by atoms with Gasteiger partial charge in [-0.2, -0.15) is 5.10 Å². The maximum absolute atomic E-state index is 13.2. The van der Waals surface area contributed by atoms with E-state index >= 15 is 0 Å². The smallest absolute Gasteiger partial charge is 0.139 e. The first-order chi connectivity index (χ1) is 6.70. The molecule has 74 valence electrons. The van der Waals surface area contributed by atoms with Crippen molar-refractivity contribution in [1.82, 2.24) is 9.78 Å². The van der Waals surface area contributed by atoms with Crippen LogP contribution in [0.2, 0.25) is 0 Å². The Morgan fingerprint density at radius 3 is 2.86 bits per heavy atom. The topological polar surface area (TPSA) is 43.8 Å². The van der Waals surface area contributed by atoms with Gasteiger partial charge < -0.3 is 5.73 Å². The van der Waals surface area contributed by atoms with Gasteiger partial charge in [-0.3, -0.25) is 4.68 Å². The minimum Gasteiger partial charge on any atom is -0.318 e. The summed E-state index contributed by atoms with van der Waals surface area (Å²) >= 11 is 1.32. The Labute approximate surface area is 85.0 Å². The quantitative estimate of drug-likeness (QED) is 0.821. The number of hydrogen-bond acceptors (Lipinski definition) is 3. The van der Waals surface area contributed by atoms with E-state index in [0.717, 1.165) is 5.69 Å². The highest BCUT2D eigenvalue weighted by atomic mass is 32.1. The number of aromatic nitrogens is 2. The SMILES string of the molecule is Cn1nccc1C(N)c1sccc1F. The number of nitrogens with zero attached hydrogens (tertiary/aromatic N) is 2. The van der Waals surface area contributed by atoms with Crippen LogP contribution in [0.3, 0.4) is 0 Å². The Bertz CT molecular complexity index is 394. The first-order valence-corrected chi connectivity index (χ1v) is 5.04. The standard InChI is InChI=1S/C9H10FN3S/c1-13-7(2-4-12-13)8(11)9-6(10)3-5-14-9/h2-5,8H,11H2,1H3. The van der Waals surface area contributed by atoms with Crippen molar-refractivity contribution in [2.75, 3.05) is 0 Å². The molecular formula is C9H10FN3S. The van der Waals surface area contributed by atoms with Gasteiger partial charge in [-0.1, -0.05) is 0 Å². The van der Waals surface area contributed by atoms with E-state index < -0.39 is 6.04 Å². The molecule has 1 unspecified atom stereocenters. The summed E-state index contributed by atoms with van der Waals surface area (Å²) < 4.78 is 14.9. The van der Waals surface area contributed by atoms with E-state index in [1.54, 1.807) is 29.4 Å². The minimum absolute atomic E-state index is 0.247. The van der Waals surface area contributed by atoms with Crippen molar-refractivity contribution < 1.29 is 4.39 Å². The molecule has 2 N–H and O–H groups in total. The van der Waals surface area contributed by atoms with Gasteiger partial charge in [0.1, 0.15) is 5.82 Å². The minimum atomic E-state index is -0.428. The van der Waals surface area contributed by atoms with Gasteiger partial charge in [0, 0.05) is 13.2 Å². The average molecular weight is 211 g/mol. The van der Waals surface area contributed by atoms with Crippen LogP contribution in [0.15, 0.2) is 23.7 Å². The molecule has 2 aromatic heterocycles. The van der Waals surface area contributed by atoms with Crippen LogP contribution in [0.25, 0.3) is 0 Å². The lowest BCUT2D eigenvalue weighted by Gasteiger charge is -2.09. The normalized spacial score (nSPS) is 13.1. The summed E-state index contributed by atoms with van der Waals surface area (Å²) in [5.41, 5.74) is 6.73. The fourth-order valence-electron chi connectivity index (χ4n) is 1.35. The van der Waals surface area contributed by atoms with Crippen LogP contribution in [0.5, 0.6) is 0 Å². The van der Waals surface area contributed by atoms with Crippen molar-refractivity contribution in [3.8, 4) is 0 Å². The molecule has 0 bridgehead atoms. The van der Waals surface area contributed by atoms with Gasteiger partial charge in [0.25, 0.3) is 0 Å². The zero-order chi connectivity index (χ0) is 10.1. The third-order valence-corrected chi connectivity index (χ3v) is 3.08. The van der Waals surface area contributed by atoms with E-state index in [0.29, 0.717) is 4.88 Å². The molecule has 0 saturated carbocycles. The number of hydrogen-bond donors (Lipinski definition) is 1. The summed E-state index contributed by atoms with van der Waals surface area (Å²) in [7, 11) is 1.79. The predicted molar refractivity (Wildman–Crippen MR) is 53.5 cm³/mol. The molecule has 0 spiro atoms. The summed E-state index contributed by atoms with van der Waals surface area (Å²) in [6.45, 7) is 0. The zero-order valence-corrected chi connectivity index (χ0v) is 8.46. The van der Waals surface area contributed by atoms with E-state index in [9.17, 15) is 4.39 Å². The first kappa shape index (κ1) is 9.36. The van der Waals surface area contributed by atoms with Crippen LogP contribution in [-0.4, -0.2) is 9.78 Å². The Hall–Kier alpha value is -1.20. The average Bonchev–Trinajstić information content (AvgIpc) is 2.73. The van der Waals surface area contributed by atoms with Gasteiger partial charge in [-0.15, -0.1) is 11.3 Å². The fourth-order valence-corrected chi connectivity index (χ4v) is 2.13.